The van der Waals surface area contributed by atoms with Gasteiger partial charge in [0.05, 0.1) is 5.69 Å². The molecule has 2 nitrogen and oxygen atoms in total. The first-order valence-electron chi connectivity index (χ1n) is 6.47. The van der Waals surface area contributed by atoms with Gasteiger partial charge in [-0.3, -0.25) is 4.98 Å². The minimum absolute atomic E-state index is 0.655. The van der Waals surface area contributed by atoms with Crippen LogP contribution in [0.3, 0.4) is 0 Å². The number of nitrogens with one attached hydrogen (secondary N) is 1. The van der Waals surface area contributed by atoms with Crippen molar-refractivity contribution in [3.8, 4) is 0 Å². The Kier molecular flexibility index (Phi) is 3.81. The molecule has 0 aromatic carbocycles. The van der Waals surface area contributed by atoms with Crippen molar-refractivity contribution in [3.05, 3.63) is 24.0 Å². The van der Waals surface area contributed by atoms with E-state index < -0.39 is 0 Å². The molecule has 0 spiro atoms. The fourth-order valence-electron chi connectivity index (χ4n) is 2.73. The van der Waals surface area contributed by atoms with Gasteiger partial charge in [-0.25, -0.2) is 0 Å². The molecule has 2 rings (SSSR count). The Morgan fingerprint density at radius 1 is 1.31 bits per heavy atom. The van der Waals surface area contributed by atoms with Crippen LogP contribution in [0.5, 0.6) is 0 Å². The molecule has 0 aliphatic heterocycles. The van der Waals surface area contributed by atoms with E-state index >= 15 is 0 Å². The maximum absolute atomic E-state index is 4.24. The van der Waals surface area contributed by atoms with Crippen molar-refractivity contribution in [2.24, 2.45) is 5.92 Å². The second kappa shape index (κ2) is 5.33. The molecule has 88 valence electrons. The molecular weight excluding hydrogens is 196 g/mol. The monoisotopic (exact) mass is 218 g/mol. The number of pyridine rings is 1. The number of hydrogen-bond donors (Lipinski definition) is 1. The van der Waals surface area contributed by atoms with E-state index in [9.17, 15) is 0 Å². The summed E-state index contributed by atoms with van der Waals surface area (Å²) in [6, 6.07) is 2.84. The minimum Gasteiger partial charge on any atom is -0.381 e. The first kappa shape index (κ1) is 11.4. The zero-order chi connectivity index (χ0) is 11.4. The van der Waals surface area contributed by atoms with Crippen LogP contribution in [-0.2, 0) is 0 Å². The van der Waals surface area contributed by atoms with Gasteiger partial charge in [0.15, 0.2) is 0 Å². The van der Waals surface area contributed by atoms with Crippen LogP contribution in [0, 0.1) is 12.8 Å². The summed E-state index contributed by atoms with van der Waals surface area (Å²) in [5.41, 5.74) is 2.42. The molecule has 1 aromatic rings. The Bertz CT molecular complexity index is 335. The zero-order valence-electron chi connectivity index (χ0n) is 10.4. The predicted octanol–water partition coefficient (Wildman–Crippen LogP) is 3.77. The average molecular weight is 218 g/mol. The van der Waals surface area contributed by atoms with E-state index in [1.165, 1.54) is 43.4 Å². The van der Waals surface area contributed by atoms with Gasteiger partial charge in [0.1, 0.15) is 0 Å². The van der Waals surface area contributed by atoms with E-state index in [1.54, 1.807) is 0 Å². The molecule has 0 amide bonds. The molecule has 1 aromatic heterocycles. The third kappa shape index (κ3) is 2.75. The second-order valence-electron chi connectivity index (χ2n) is 4.95. The fraction of sp³-hybridized carbons (Fsp3) is 0.643. The Balaban J connectivity index is 2.02. The summed E-state index contributed by atoms with van der Waals surface area (Å²) >= 11 is 0. The quantitative estimate of drug-likeness (QED) is 0.835. The highest BCUT2D eigenvalue weighted by Crippen LogP contribution is 2.29. The van der Waals surface area contributed by atoms with E-state index in [-0.39, 0.29) is 0 Å². The lowest BCUT2D eigenvalue weighted by atomic mass is 9.83. The van der Waals surface area contributed by atoms with Crippen molar-refractivity contribution in [2.75, 3.05) is 5.32 Å². The Hall–Kier alpha value is -1.05. The van der Waals surface area contributed by atoms with Gasteiger partial charge in [0, 0.05) is 18.4 Å². The molecule has 1 aliphatic rings. The van der Waals surface area contributed by atoms with Crippen LogP contribution < -0.4 is 5.32 Å². The molecule has 1 saturated carbocycles. The van der Waals surface area contributed by atoms with E-state index in [0.29, 0.717) is 6.04 Å². The van der Waals surface area contributed by atoms with E-state index in [4.69, 9.17) is 0 Å². The highest BCUT2D eigenvalue weighted by molar-refractivity contribution is 5.43. The molecule has 0 radical (unpaired) electrons. The fourth-order valence-corrected chi connectivity index (χ4v) is 2.73. The van der Waals surface area contributed by atoms with Crippen LogP contribution >= 0.6 is 0 Å². The third-order valence-electron chi connectivity index (χ3n) is 3.66. The van der Waals surface area contributed by atoms with Crippen molar-refractivity contribution in [3.63, 3.8) is 0 Å². The van der Waals surface area contributed by atoms with E-state index in [1.807, 2.05) is 12.4 Å². The van der Waals surface area contributed by atoms with Gasteiger partial charge in [-0.1, -0.05) is 26.2 Å². The molecule has 0 saturated heterocycles. The number of rotatable bonds is 3. The lowest BCUT2D eigenvalue weighted by Crippen LogP contribution is -2.31. The summed E-state index contributed by atoms with van der Waals surface area (Å²) in [5, 5.41) is 3.66. The van der Waals surface area contributed by atoms with Gasteiger partial charge in [-0.2, -0.15) is 0 Å². The maximum atomic E-state index is 4.24. The van der Waals surface area contributed by atoms with Crippen molar-refractivity contribution >= 4 is 5.69 Å². The second-order valence-corrected chi connectivity index (χ2v) is 4.95. The lowest BCUT2D eigenvalue weighted by molar-refractivity contribution is 0.317. The number of nitrogens with zero attached hydrogens (tertiary/aromatic N) is 1. The number of aromatic nitrogens is 1. The van der Waals surface area contributed by atoms with Crippen LogP contribution in [-0.4, -0.2) is 11.0 Å². The average Bonchev–Trinajstić information content (AvgIpc) is 2.30. The zero-order valence-corrected chi connectivity index (χ0v) is 10.4. The minimum atomic E-state index is 0.655. The molecule has 1 fully saturated rings. The summed E-state index contributed by atoms with van der Waals surface area (Å²) in [4.78, 5) is 4.24. The first-order valence-corrected chi connectivity index (χ1v) is 6.47. The molecule has 1 aliphatic carbocycles. The lowest BCUT2D eigenvalue weighted by Gasteiger charge is -2.32. The van der Waals surface area contributed by atoms with Crippen LogP contribution in [0.4, 0.5) is 5.69 Å². The summed E-state index contributed by atoms with van der Waals surface area (Å²) in [6.07, 6.45) is 10.6. The molecular formula is C14H22N2. The molecule has 1 N–H and O–H groups in total. The summed E-state index contributed by atoms with van der Waals surface area (Å²) < 4.78 is 0. The van der Waals surface area contributed by atoms with Crippen LogP contribution in [0.2, 0.25) is 0 Å². The van der Waals surface area contributed by atoms with Gasteiger partial charge >= 0.3 is 0 Å². The highest BCUT2D eigenvalue weighted by Gasteiger charge is 2.23. The van der Waals surface area contributed by atoms with Crippen LogP contribution in [0.25, 0.3) is 0 Å². The number of aryl methyl sites for hydroxylation is 1. The molecule has 2 atom stereocenters. The summed E-state index contributed by atoms with van der Waals surface area (Å²) in [5.74, 6) is 0.842. The van der Waals surface area contributed by atoms with E-state index in [0.717, 1.165) is 5.92 Å². The van der Waals surface area contributed by atoms with Crippen LogP contribution in [0.15, 0.2) is 18.5 Å². The van der Waals surface area contributed by atoms with Crippen molar-refractivity contribution < 1.29 is 0 Å². The summed E-state index contributed by atoms with van der Waals surface area (Å²) in [7, 11) is 0. The van der Waals surface area contributed by atoms with Gasteiger partial charge in [-0.05, 0) is 37.3 Å². The van der Waals surface area contributed by atoms with Gasteiger partial charge in [0.25, 0.3) is 0 Å². The smallest absolute Gasteiger partial charge is 0.0531 e. The molecule has 2 unspecified atom stereocenters. The molecule has 0 bridgehead atoms. The van der Waals surface area contributed by atoms with Crippen molar-refractivity contribution in [1.29, 1.82) is 0 Å². The van der Waals surface area contributed by atoms with E-state index in [2.05, 4.69) is 30.2 Å². The number of anilines is 1. The molecule has 2 heteroatoms. The Morgan fingerprint density at radius 3 is 2.88 bits per heavy atom. The standard InChI is InChI=1S/C14H22N2/c1-3-12-6-4-5-7-14(12)16-13-8-11(2)9-15-10-13/h8-10,12,14,16H,3-7H2,1-2H3. The van der Waals surface area contributed by atoms with Crippen LogP contribution in [0.1, 0.15) is 44.6 Å². The predicted molar refractivity (Wildman–Crippen MR) is 68.6 cm³/mol. The Morgan fingerprint density at radius 2 is 2.12 bits per heavy atom. The Labute approximate surface area is 98.5 Å². The van der Waals surface area contributed by atoms with Crippen molar-refractivity contribution in [2.45, 2.75) is 52.0 Å². The van der Waals surface area contributed by atoms with Gasteiger partial charge in [-0.15, -0.1) is 0 Å². The summed E-state index contributed by atoms with van der Waals surface area (Å²) in [6.45, 7) is 4.40. The van der Waals surface area contributed by atoms with Gasteiger partial charge < -0.3 is 5.32 Å². The van der Waals surface area contributed by atoms with Crippen molar-refractivity contribution in [1.82, 2.24) is 4.98 Å². The topological polar surface area (TPSA) is 24.9 Å². The largest absolute Gasteiger partial charge is 0.381 e. The molecule has 1 heterocycles. The number of hydrogen-bond acceptors (Lipinski definition) is 2. The first-order chi connectivity index (χ1) is 7.79. The maximum Gasteiger partial charge on any atom is 0.0531 e. The third-order valence-corrected chi connectivity index (χ3v) is 3.66. The normalized spacial score (nSPS) is 25.4. The van der Waals surface area contributed by atoms with Gasteiger partial charge in [0.2, 0.25) is 0 Å². The SMILES string of the molecule is CCC1CCCCC1Nc1cncc(C)c1. The molecule has 16 heavy (non-hydrogen) atoms. The highest BCUT2D eigenvalue weighted by atomic mass is 14.9.